The van der Waals surface area contributed by atoms with E-state index in [1.807, 2.05) is 0 Å². The van der Waals surface area contributed by atoms with Crippen molar-refractivity contribution in [3.63, 3.8) is 0 Å². The Morgan fingerprint density at radius 3 is 0.308 bits per heavy atom. The molecule has 0 bridgehead atoms. The van der Waals surface area contributed by atoms with Gasteiger partial charge < -0.3 is 24.6 Å². The van der Waals surface area contributed by atoms with E-state index in [9.17, 15) is 0 Å². The van der Waals surface area contributed by atoms with Crippen molar-refractivity contribution >= 4 is 32.9 Å². The van der Waals surface area contributed by atoms with E-state index in [1.165, 1.54) is 0 Å². The van der Waals surface area contributed by atoms with Crippen LogP contribution in [0.25, 0.3) is 24.6 Å². The normalized spacial score (nSPS) is 0. The molecule has 0 aliphatic heterocycles. The van der Waals surface area contributed by atoms with E-state index >= 15 is 0 Å². The van der Waals surface area contributed by atoms with E-state index in [0.717, 1.165) is 0 Å². The van der Waals surface area contributed by atoms with Crippen molar-refractivity contribution in [1.82, 2.24) is 0 Å². The Balaban J connectivity index is 0. The smallest absolute Gasteiger partial charge is 3.00 e. The fraction of sp³-hybridized carbons (Fsp3) is 0. The first kappa shape index (κ1) is 219. The maximum absolute atomic E-state index is 0. The molecular formula is H12N4Si3Ti6. The molecule has 0 amide bonds. The predicted octanol–water partition coefficient (Wildman–Crippen LogP) is -3.22. The van der Waals surface area contributed by atoms with Gasteiger partial charge in [-0.25, -0.2) is 0 Å². The van der Waals surface area contributed by atoms with Crippen molar-refractivity contribution < 1.29 is 130 Å². The Kier molecular flexibility index (Phi) is 3090. The van der Waals surface area contributed by atoms with Crippen LogP contribution in [0.5, 0.6) is 0 Å². The summed E-state index contributed by atoms with van der Waals surface area (Å²) in [7, 11) is 0. The minimum Gasteiger partial charge on any atom is -3.00 e. The summed E-state index contributed by atoms with van der Waals surface area (Å²) in [4.78, 5) is 0. The molecule has 0 unspecified atom stereocenters. The van der Waals surface area contributed by atoms with Crippen molar-refractivity contribution in [2.24, 2.45) is 0 Å². The van der Waals surface area contributed by atoms with Gasteiger partial charge in [0.05, 0.1) is 0 Å². The fourth-order valence-corrected chi connectivity index (χ4v) is 0. The molecule has 13 heavy (non-hydrogen) atoms. The van der Waals surface area contributed by atoms with E-state index < -0.39 is 0 Å². The number of hydrogen-bond acceptors (Lipinski definition) is 0. The molecule has 0 N–H and O–H groups in total. The van der Waals surface area contributed by atoms with Gasteiger partial charge >= 0.3 is 65.2 Å². The molecule has 0 aliphatic rings. The van der Waals surface area contributed by atoms with Crippen molar-refractivity contribution in [2.45, 2.75) is 0 Å². The van der Waals surface area contributed by atoms with Crippen molar-refractivity contribution in [3.8, 4) is 0 Å². The van der Waals surface area contributed by atoms with E-state index in [4.69, 9.17) is 0 Å². The largest absolute Gasteiger partial charge is 4.00 e. The SMILES string of the molecule is [N-3].[N-3].[N-3].[N-3].[SiH4].[SiH4].[SiH4].[Ti+4].[Ti+4].[Ti+4].[Ti].[Ti].[Ti]. The first-order valence-electron chi connectivity index (χ1n) is 0. The molecule has 13 heteroatoms. The van der Waals surface area contributed by atoms with Crippen LogP contribution in [0.3, 0.4) is 0 Å². The van der Waals surface area contributed by atoms with Gasteiger partial charge in [-0.2, -0.15) is 0 Å². The molecule has 0 fully saturated rings. The summed E-state index contributed by atoms with van der Waals surface area (Å²) in [6.07, 6.45) is 0. The Morgan fingerprint density at radius 1 is 0.308 bits per heavy atom. The molecule has 0 heterocycles. The molecule has 0 radical (unpaired) electrons. The maximum Gasteiger partial charge on any atom is 4.00 e. The van der Waals surface area contributed by atoms with Crippen LogP contribution in [0, 0.1) is 0 Å². The van der Waals surface area contributed by atoms with Crippen molar-refractivity contribution in [3.05, 3.63) is 24.6 Å². The molecule has 68 valence electrons. The Bertz CT molecular complexity index is 19.8. The Morgan fingerprint density at radius 2 is 0.308 bits per heavy atom. The molecule has 0 aromatic rings. The molecule has 0 saturated heterocycles. The summed E-state index contributed by atoms with van der Waals surface area (Å²) in [5.74, 6) is 0. The summed E-state index contributed by atoms with van der Waals surface area (Å²) in [6.45, 7) is 0. The van der Waals surface area contributed by atoms with Gasteiger partial charge in [0.1, 0.15) is 0 Å². The third-order valence-corrected chi connectivity index (χ3v) is 0. The summed E-state index contributed by atoms with van der Waals surface area (Å²) < 4.78 is 0. The summed E-state index contributed by atoms with van der Waals surface area (Å²) in [6, 6.07) is 0. The number of rotatable bonds is 0. The van der Waals surface area contributed by atoms with Crippen molar-refractivity contribution in [1.29, 1.82) is 0 Å². The van der Waals surface area contributed by atoms with Gasteiger partial charge in [-0.1, -0.05) is 0 Å². The third kappa shape index (κ3) is 161. The molecular weight excluding hydrogens is 427 g/mol. The third-order valence-electron chi connectivity index (χ3n) is 0. The standard InChI is InChI=1S/4N.3H4Si.6Ti/h;;;;3*1H4;;;;;;/q4*-3;;;;;;;3*+4. The second-order valence-electron chi connectivity index (χ2n) is 0. The molecule has 0 atom stereocenters. The van der Waals surface area contributed by atoms with Gasteiger partial charge in [-0.3, -0.25) is 0 Å². The van der Waals surface area contributed by atoms with E-state index in [0.29, 0.717) is 0 Å². The van der Waals surface area contributed by atoms with Crippen LogP contribution in [-0.4, -0.2) is 32.9 Å². The molecule has 0 spiro atoms. The molecule has 0 aromatic carbocycles. The average molecular weight is 440 g/mol. The Labute approximate surface area is 184 Å². The zero-order valence-corrected chi connectivity index (χ0v) is 14.2. The van der Waals surface area contributed by atoms with E-state index in [2.05, 4.69) is 0 Å². The van der Waals surface area contributed by atoms with Gasteiger partial charge in [0.15, 0.2) is 0 Å². The minimum atomic E-state index is 0. The van der Waals surface area contributed by atoms with Crippen LogP contribution < -0.4 is 0 Å². The summed E-state index contributed by atoms with van der Waals surface area (Å²) in [5.41, 5.74) is 0. The van der Waals surface area contributed by atoms with Gasteiger partial charge in [0, 0.05) is 65.2 Å². The molecule has 0 aromatic heterocycles. The van der Waals surface area contributed by atoms with Gasteiger partial charge in [0.25, 0.3) is 0 Å². The number of nitrogens with zero attached hydrogens (tertiary/aromatic N) is 4. The summed E-state index contributed by atoms with van der Waals surface area (Å²) in [5, 5.41) is 0. The first-order valence-corrected chi connectivity index (χ1v) is 0. The van der Waals surface area contributed by atoms with Crippen LogP contribution in [0.4, 0.5) is 0 Å². The second kappa shape index (κ2) is 183. The quantitative estimate of drug-likeness (QED) is 0.353. The van der Waals surface area contributed by atoms with Crippen LogP contribution in [0.2, 0.25) is 0 Å². The second-order valence-corrected chi connectivity index (χ2v) is 0. The van der Waals surface area contributed by atoms with Crippen LogP contribution in [0.1, 0.15) is 0 Å². The monoisotopic (exact) mass is 440 g/mol. The van der Waals surface area contributed by atoms with Crippen LogP contribution >= 0.6 is 0 Å². The van der Waals surface area contributed by atoms with Crippen molar-refractivity contribution in [2.75, 3.05) is 0 Å². The molecule has 0 aliphatic carbocycles. The van der Waals surface area contributed by atoms with Crippen LogP contribution in [-0.2, 0) is 130 Å². The minimum absolute atomic E-state index is 0. The molecule has 0 rings (SSSR count). The summed E-state index contributed by atoms with van der Waals surface area (Å²) >= 11 is 0. The number of hydrogen-bond donors (Lipinski definition) is 0. The van der Waals surface area contributed by atoms with E-state index in [1.54, 1.807) is 0 Å². The zero-order chi connectivity index (χ0) is 0. The van der Waals surface area contributed by atoms with E-state index in [-0.39, 0.29) is 188 Å². The fourth-order valence-electron chi connectivity index (χ4n) is 0. The molecule has 4 nitrogen and oxygen atoms in total. The molecule has 0 saturated carbocycles. The van der Waals surface area contributed by atoms with Crippen LogP contribution in [0.15, 0.2) is 0 Å². The zero-order valence-electron chi connectivity index (χ0n) is 4.79. The van der Waals surface area contributed by atoms with Gasteiger partial charge in [0.2, 0.25) is 0 Å². The average Bonchev–Trinajstić information content (AvgIpc) is 0. The first-order chi connectivity index (χ1) is 0. The predicted molar refractivity (Wildman–Crippen MR) is 47.4 cm³/mol. The maximum atomic E-state index is 0. The van der Waals surface area contributed by atoms with Gasteiger partial charge in [-0.15, -0.1) is 0 Å². The topological polar surface area (TPSA) is 122 Å². The Hall–Kier alpha value is 4.78. The van der Waals surface area contributed by atoms with Gasteiger partial charge in [-0.05, 0) is 32.9 Å².